The molecule has 134 valence electrons. The first-order chi connectivity index (χ1) is 11.9. The van der Waals surface area contributed by atoms with Gasteiger partial charge in [-0.15, -0.1) is 0 Å². The summed E-state index contributed by atoms with van der Waals surface area (Å²) in [6, 6.07) is 16.5. The van der Waals surface area contributed by atoms with E-state index in [-0.39, 0.29) is 11.7 Å². The quantitative estimate of drug-likeness (QED) is 0.762. The molecule has 0 aliphatic rings. The maximum atomic E-state index is 12.5. The summed E-state index contributed by atoms with van der Waals surface area (Å²) in [7, 11) is -1.56. The van der Waals surface area contributed by atoms with Crippen molar-refractivity contribution in [1.29, 1.82) is 0 Å². The Kier molecular flexibility index (Phi) is 6.20. The van der Waals surface area contributed by atoms with Gasteiger partial charge in [0.2, 0.25) is 10.0 Å². The third-order valence-electron chi connectivity index (χ3n) is 4.00. The molecule has 0 bridgehead atoms. The van der Waals surface area contributed by atoms with Crippen molar-refractivity contribution in [3.63, 3.8) is 0 Å². The number of rotatable bonds is 7. The molecule has 0 saturated carbocycles. The fourth-order valence-electron chi connectivity index (χ4n) is 2.62. The minimum atomic E-state index is -3.32. The molecule has 6 heteroatoms. The van der Waals surface area contributed by atoms with Crippen molar-refractivity contribution < 1.29 is 13.2 Å². The molecule has 0 aliphatic carbocycles. The first-order valence-electron chi connectivity index (χ1n) is 8.29. The number of carbonyl (C=O) groups excluding carboxylic acids is 1. The molecule has 0 N–H and O–H groups in total. The van der Waals surface area contributed by atoms with Crippen molar-refractivity contribution in [2.24, 2.45) is 0 Å². The van der Waals surface area contributed by atoms with Gasteiger partial charge in [-0.2, -0.15) is 0 Å². The lowest BCUT2D eigenvalue weighted by Gasteiger charge is -2.22. The molecule has 2 rings (SSSR count). The summed E-state index contributed by atoms with van der Waals surface area (Å²) in [5, 5.41) is 0. The van der Waals surface area contributed by atoms with E-state index in [0.29, 0.717) is 24.3 Å². The molecule has 0 atom stereocenters. The van der Waals surface area contributed by atoms with Crippen LogP contribution in [0, 0.1) is 0 Å². The van der Waals surface area contributed by atoms with Gasteiger partial charge < -0.3 is 4.90 Å². The second-order valence-corrected chi connectivity index (χ2v) is 7.94. The average Bonchev–Trinajstić information content (AvgIpc) is 2.63. The third kappa shape index (κ3) is 4.60. The molecule has 0 aromatic heterocycles. The second kappa shape index (κ2) is 8.16. The van der Waals surface area contributed by atoms with Gasteiger partial charge in [0.05, 0.1) is 11.4 Å². The van der Waals surface area contributed by atoms with E-state index in [9.17, 15) is 13.2 Å². The molecule has 2 aromatic carbocycles. The molecule has 0 spiro atoms. The van der Waals surface area contributed by atoms with E-state index >= 15 is 0 Å². The Labute approximate surface area is 149 Å². The first kappa shape index (κ1) is 19.0. The van der Waals surface area contributed by atoms with Gasteiger partial charge in [0.15, 0.2) is 0 Å². The van der Waals surface area contributed by atoms with Crippen molar-refractivity contribution in [2.45, 2.75) is 20.4 Å². The molecule has 0 radical (unpaired) electrons. The van der Waals surface area contributed by atoms with Crippen LogP contribution in [0.5, 0.6) is 0 Å². The largest absolute Gasteiger partial charge is 0.337 e. The predicted octanol–water partition coefficient (Wildman–Crippen LogP) is 3.13. The zero-order valence-electron chi connectivity index (χ0n) is 14.8. The van der Waals surface area contributed by atoms with Crippen LogP contribution in [0.1, 0.15) is 29.8 Å². The lowest BCUT2D eigenvalue weighted by Crippen LogP contribution is -2.32. The summed E-state index contributed by atoms with van der Waals surface area (Å²) in [4.78, 5) is 14.2. The van der Waals surface area contributed by atoms with E-state index in [2.05, 4.69) is 0 Å². The summed E-state index contributed by atoms with van der Waals surface area (Å²) >= 11 is 0. The topological polar surface area (TPSA) is 57.7 Å². The van der Waals surface area contributed by atoms with Gasteiger partial charge in [-0.1, -0.05) is 30.3 Å². The molecule has 2 aromatic rings. The van der Waals surface area contributed by atoms with Gasteiger partial charge in [-0.3, -0.25) is 9.10 Å². The average molecular weight is 360 g/mol. The van der Waals surface area contributed by atoms with Crippen LogP contribution in [0.4, 0.5) is 5.69 Å². The highest BCUT2D eigenvalue weighted by Crippen LogP contribution is 2.20. The smallest absolute Gasteiger partial charge is 0.253 e. The van der Waals surface area contributed by atoms with Crippen molar-refractivity contribution >= 4 is 21.6 Å². The summed E-state index contributed by atoms with van der Waals surface area (Å²) in [5.41, 5.74) is 2.17. The lowest BCUT2D eigenvalue weighted by atomic mass is 10.1. The first-order valence-corrected chi connectivity index (χ1v) is 9.89. The Morgan fingerprint density at radius 3 is 2.08 bits per heavy atom. The SMILES string of the molecule is CCN(c1ccc(C(=O)N(C)Cc2ccccc2)cc1)S(=O)(=O)CC. The van der Waals surface area contributed by atoms with Crippen LogP contribution in [-0.4, -0.2) is 38.6 Å². The maximum Gasteiger partial charge on any atom is 0.253 e. The van der Waals surface area contributed by atoms with Gasteiger partial charge in [0.1, 0.15) is 0 Å². The van der Waals surface area contributed by atoms with Gasteiger partial charge in [0, 0.05) is 25.7 Å². The van der Waals surface area contributed by atoms with E-state index in [1.165, 1.54) is 4.31 Å². The van der Waals surface area contributed by atoms with Crippen molar-refractivity contribution in [3.05, 3.63) is 65.7 Å². The Bertz CT molecular complexity index is 802. The van der Waals surface area contributed by atoms with Gasteiger partial charge in [0.25, 0.3) is 5.91 Å². The molecule has 0 saturated heterocycles. The minimum absolute atomic E-state index is 0.0430. The van der Waals surface area contributed by atoms with Crippen LogP contribution < -0.4 is 4.31 Å². The van der Waals surface area contributed by atoms with Gasteiger partial charge in [-0.25, -0.2) is 8.42 Å². The standard InChI is InChI=1S/C19H24N2O3S/c1-4-21(25(23,24)5-2)18-13-11-17(12-14-18)19(22)20(3)15-16-9-7-6-8-10-16/h6-14H,4-5,15H2,1-3H3. The molecule has 0 heterocycles. The van der Waals surface area contributed by atoms with E-state index in [0.717, 1.165) is 5.56 Å². The van der Waals surface area contributed by atoms with E-state index in [1.807, 2.05) is 30.3 Å². The van der Waals surface area contributed by atoms with E-state index in [1.54, 1.807) is 50.1 Å². The molecule has 0 aliphatic heterocycles. The Morgan fingerprint density at radius 1 is 0.960 bits per heavy atom. The van der Waals surface area contributed by atoms with Crippen LogP contribution in [-0.2, 0) is 16.6 Å². The van der Waals surface area contributed by atoms with E-state index < -0.39 is 10.0 Å². The Morgan fingerprint density at radius 2 is 1.56 bits per heavy atom. The predicted molar refractivity (Wildman–Crippen MR) is 101 cm³/mol. The van der Waals surface area contributed by atoms with Crippen LogP contribution >= 0.6 is 0 Å². The number of sulfonamides is 1. The molecule has 5 nitrogen and oxygen atoms in total. The Hall–Kier alpha value is -2.34. The lowest BCUT2D eigenvalue weighted by molar-refractivity contribution is 0.0785. The van der Waals surface area contributed by atoms with Crippen LogP contribution in [0.15, 0.2) is 54.6 Å². The summed E-state index contributed by atoms with van der Waals surface area (Å²) in [6.45, 7) is 4.29. The van der Waals surface area contributed by atoms with Crippen LogP contribution in [0.3, 0.4) is 0 Å². The van der Waals surface area contributed by atoms with Crippen molar-refractivity contribution in [3.8, 4) is 0 Å². The number of anilines is 1. The molecule has 0 unspecified atom stereocenters. The molecular formula is C19H24N2O3S. The molecule has 0 fully saturated rings. The fraction of sp³-hybridized carbons (Fsp3) is 0.316. The number of hydrogen-bond donors (Lipinski definition) is 0. The number of amides is 1. The third-order valence-corrected chi connectivity index (χ3v) is 5.87. The van der Waals surface area contributed by atoms with E-state index in [4.69, 9.17) is 0 Å². The summed E-state index contributed by atoms with van der Waals surface area (Å²) < 4.78 is 25.6. The summed E-state index contributed by atoms with van der Waals surface area (Å²) in [5.74, 6) is -0.0572. The molecule has 25 heavy (non-hydrogen) atoms. The monoisotopic (exact) mass is 360 g/mol. The summed E-state index contributed by atoms with van der Waals surface area (Å²) in [6.07, 6.45) is 0. The second-order valence-electron chi connectivity index (χ2n) is 5.76. The zero-order valence-corrected chi connectivity index (χ0v) is 15.7. The number of benzene rings is 2. The van der Waals surface area contributed by atoms with Crippen LogP contribution in [0.25, 0.3) is 0 Å². The Balaban J connectivity index is 2.14. The minimum Gasteiger partial charge on any atom is -0.337 e. The number of hydrogen-bond acceptors (Lipinski definition) is 3. The van der Waals surface area contributed by atoms with Crippen LogP contribution in [0.2, 0.25) is 0 Å². The highest BCUT2D eigenvalue weighted by molar-refractivity contribution is 7.92. The number of nitrogens with zero attached hydrogens (tertiary/aromatic N) is 2. The highest BCUT2D eigenvalue weighted by atomic mass is 32.2. The molecular weight excluding hydrogens is 336 g/mol. The van der Waals surface area contributed by atoms with Crippen molar-refractivity contribution in [2.75, 3.05) is 23.7 Å². The van der Waals surface area contributed by atoms with Gasteiger partial charge >= 0.3 is 0 Å². The zero-order chi connectivity index (χ0) is 18.4. The molecule has 1 amide bonds. The maximum absolute atomic E-state index is 12.5. The number of carbonyl (C=O) groups is 1. The fourth-order valence-corrected chi connectivity index (χ4v) is 3.76. The normalized spacial score (nSPS) is 11.2. The highest BCUT2D eigenvalue weighted by Gasteiger charge is 2.19. The van der Waals surface area contributed by atoms with Crippen molar-refractivity contribution in [1.82, 2.24) is 4.90 Å². The van der Waals surface area contributed by atoms with Gasteiger partial charge in [-0.05, 0) is 43.7 Å².